The van der Waals surface area contributed by atoms with Gasteiger partial charge in [0, 0.05) is 5.02 Å². The van der Waals surface area contributed by atoms with Gasteiger partial charge in [-0.25, -0.2) is 4.39 Å². The second-order valence-electron chi connectivity index (χ2n) is 6.48. The van der Waals surface area contributed by atoms with Gasteiger partial charge in [-0.1, -0.05) is 65.9 Å². The van der Waals surface area contributed by atoms with Crippen LogP contribution in [0.15, 0.2) is 77.7 Å². The molecule has 30 heavy (non-hydrogen) atoms. The van der Waals surface area contributed by atoms with E-state index in [1.54, 1.807) is 42.5 Å². The van der Waals surface area contributed by atoms with Gasteiger partial charge in [0.1, 0.15) is 18.2 Å². The van der Waals surface area contributed by atoms with Crippen LogP contribution >= 0.6 is 35.6 Å². The number of carbonyl (C=O) groups is 1. The highest BCUT2D eigenvalue weighted by molar-refractivity contribution is 8.27. The van der Waals surface area contributed by atoms with Gasteiger partial charge in [0.2, 0.25) is 0 Å². The van der Waals surface area contributed by atoms with Crippen molar-refractivity contribution in [1.29, 1.82) is 0 Å². The molecule has 7 heteroatoms. The fraction of sp³-hybridized carbons (Fsp3) is 0.0435. The average Bonchev–Trinajstić information content (AvgIpc) is 3.01. The summed E-state index contributed by atoms with van der Waals surface area (Å²) in [5, 5.41) is 0.543. The summed E-state index contributed by atoms with van der Waals surface area (Å²) >= 11 is 12.7. The highest BCUT2D eigenvalue weighted by atomic mass is 35.5. The lowest BCUT2D eigenvalue weighted by Crippen LogP contribution is -2.27. The fourth-order valence-corrected chi connectivity index (χ4v) is 4.35. The van der Waals surface area contributed by atoms with Crippen LogP contribution < -0.4 is 9.64 Å². The average molecular weight is 456 g/mol. The molecule has 1 saturated heterocycles. The van der Waals surface area contributed by atoms with Gasteiger partial charge in [-0.2, -0.15) is 0 Å². The van der Waals surface area contributed by atoms with E-state index in [1.807, 2.05) is 24.3 Å². The number of amides is 1. The summed E-state index contributed by atoms with van der Waals surface area (Å²) in [7, 11) is 0. The van der Waals surface area contributed by atoms with Crippen LogP contribution in [0.1, 0.15) is 11.1 Å². The quantitative estimate of drug-likeness (QED) is 0.326. The van der Waals surface area contributed by atoms with E-state index >= 15 is 0 Å². The zero-order valence-corrected chi connectivity index (χ0v) is 17.9. The standard InChI is InChI=1S/C23H15ClFNO2S2/c24-17-2-1-3-19(13-17)26-22(27)21(30-23(26)29)12-15-6-10-20(11-7-15)28-14-16-4-8-18(25)9-5-16/h1-13H,14H2/b21-12+. The molecule has 0 aromatic heterocycles. The molecule has 0 saturated carbocycles. The van der Waals surface area contributed by atoms with E-state index in [1.165, 1.54) is 28.8 Å². The second-order valence-corrected chi connectivity index (χ2v) is 8.59. The van der Waals surface area contributed by atoms with E-state index in [-0.39, 0.29) is 11.7 Å². The van der Waals surface area contributed by atoms with E-state index in [0.717, 1.165) is 11.1 Å². The molecule has 1 heterocycles. The lowest BCUT2D eigenvalue weighted by molar-refractivity contribution is -0.113. The summed E-state index contributed by atoms with van der Waals surface area (Å²) < 4.78 is 19.2. The Kier molecular flexibility index (Phi) is 6.18. The zero-order valence-electron chi connectivity index (χ0n) is 15.5. The Morgan fingerprint density at radius 2 is 1.80 bits per heavy atom. The van der Waals surface area contributed by atoms with Crippen LogP contribution in [0, 0.1) is 5.82 Å². The smallest absolute Gasteiger partial charge is 0.270 e. The first kappa shape index (κ1) is 20.6. The third-order valence-corrected chi connectivity index (χ3v) is 5.89. The lowest BCUT2D eigenvalue weighted by Gasteiger charge is -2.14. The number of thiocarbonyl (C=S) groups is 1. The summed E-state index contributed by atoms with van der Waals surface area (Å²) in [5.41, 5.74) is 2.39. The van der Waals surface area contributed by atoms with Gasteiger partial charge >= 0.3 is 0 Å². The Hall–Kier alpha value is -2.67. The lowest BCUT2D eigenvalue weighted by atomic mass is 10.2. The Morgan fingerprint density at radius 1 is 1.07 bits per heavy atom. The monoisotopic (exact) mass is 455 g/mol. The first-order chi connectivity index (χ1) is 14.5. The molecule has 3 aromatic rings. The van der Waals surface area contributed by atoms with E-state index < -0.39 is 0 Å². The minimum absolute atomic E-state index is 0.177. The molecular weight excluding hydrogens is 441 g/mol. The molecule has 3 nitrogen and oxygen atoms in total. The van der Waals surface area contributed by atoms with E-state index in [4.69, 9.17) is 28.6 Å². The van der Waals surface area contributed by atoms with Crippen molar-refractivity contribution in [2.45, 2.75) is 6.61 Å². The molecule has 0 spiro atoms. The number of hydrogen-bond donors (Lipinski definition) is 0. The maximum atomic E-state index is 13.0. The van der Waals surface area contributed by atoms with Gasteiger partial charge in [0.25, 0.3) is 5.91 Å². The molecule has 0 unspecified atom stereocenters. The van der Waals surface area contributed by atoms with Crippen molar-refractivity contribution in [3.63, 3.8) is 0 Å². The maximum Gasteiger partial charge on any atom is 0.270 e. The number of halogens is 2. The van der Waals surface area contributed by atoms with Gasteiger partial charge in [0.15, 0.2) is 4.32 Å². The largest absolute Gasteiger partial charge is 0.489 e. The van der Waals surface area contributed by atoms with Crippen LogP contribution in [0.4, 0.5) is 10.1 Å². The van der Waals surface area contributed by atoms with Crippen LogP contribution in [0.2, 0.25) is 5.02 Å². The maximum absolute atomic E-state index is 13.0. The number of hydrogen-bond acceptors (Lipinski definition) is 4. The molecule has 1 amide bonds. The Morgan fingerprint density at radius 3 is 2.50 bits per heavy atom. The van der Waals surface area contributed by atoms with E-state index in [0.29, 0.717) is 32.3 Å². The van der Waals surface area contributed by atoms with Gasteiger partial charge in [-0.05, 0) is 59.7 Å². The minimum Gasteiger partial charge on any atom is -0.489 e. The van der Waals surface area contributed by atoms with Crippen molar-refractivity contribution in [2.75, 3.05) is 4.90 Å². The normalized spacial score (nSPS) is 15.1. The molecule has 0 aliphatic carbocycles. The molecule has 0 radical (unpaired) electrons. The fourth-order valence-electron chi connectivity index (χ4n) is 2.86. The molecule has 150 valence electrons. The topological polar surface area (TPSA) is 29.5 Å². The van der Waals surface area contributed by atoms with Gasteiger partial charge in [-0.3, -0.25) is 9.69 Å². The number of nitrogens with zero attached hydrogens (tertiary/aromatic N) is 1. The number of rotatable bonds is 5. The molecule has 1 fully saturated rings. The Labute approximate surface area is 188 Å². The van der Waals surface area contributed by atoms with Crippen LogP contribution in [-0.4, -0.2) is 10.2 Å². The van der Waals surface area contributed by atoms with Crippen molar-refractivity contribution in [1.82, 2.24) is 0 Å². The Balaban J connectivity index is 1.45. The first-order valence-electron chi connectivity index (χ1n) is 9.00. The van der Waals surface area contributed by atoms with Crippen LogP contribution in [-0.2, 0) is 11.4 Å². The highest BCUT2D eigenvalue weighted by Crippen LogP contribution is 2.36. The van der Waals surface area contributed by atoms with Crippen molar-refractivity contribution in [3.05, 3.63) is 99.7 Å². The van der Waals surface area contributed by atoms with Gasteiger partial charge in [0.05, 0.1) is 10.6 Å². The van der Waals surface area contributed by atoms with E-state index in [9.17, 15) is 9.18 Å². The Bertz CT molecular complexity index is 1130. The van der Waals surface area contributed by atoms with Crippen molar-refractivity contribution in [2.24, 2.45) is 0 Å². The highest BCUT2D eigenvalue weighted by Gasteiger charge is 2.33. The molecule has 3 aromatic carbocycles. The summed E-state index contributed by atoms with van der Waals surface area (Å²) in [4.78, 5) is 14.9. The number of carbonyl (C=O) groups excluding carboxylic acids is 1. The molecular formula is C23H15ClFNO2S2. The minimum atomic E-state index is -0.274. The summed E-state index contributed by atoms with van der Waals surface area (Å²) in [6, 6.07) is 20.6. The summed E-state index contributed by atoms with van der Waals surface area (Å²) in [5.74, 6) is 0.232. The number of ether oxygens (including phenoxy) is 1. The molecule has 0 atom stereocenters. The SMILES string of the molecule is O=C1/C(=C\c2ccc(OCc3ccc(F)cc3)cc2)SC(=S)N1c1cccc(Cl)c1. The third-order valence-electron chi connectivity index (χ3n) is 4.36. The molecule has 4 rings (SSSR count). The molecule has 0 bridgehead atoms. The second kappa shape index (κ2) is 9.00. The van der Waals surface area contributed by atoms with Gasteiger partial charge in [-0.15, -0.1) is 0 Å². The summed E-state index contributed by atoms with van der Waals surface area (Å²) in [6.07, 6.45) is 1.80. The molecule has 0 N–H and O–H groups in total. The number of benzene rings is 3. The van der Waals surface area contributed by atoms with Crippen LogP contribution in [0.25, 0.3) is 6.08 Å². The van der Waals surface area contributed by atoms with Crippen molar-refractivity contribution >= 4 is 57.6 Å². The molecule has 1 aliphatic heterocycles. The third kappa shape index (κ3) is 4.73. The van der Waals surface area contributed by atoms with Crippen LogP contribution in [0.3, 0.4) is 0 Å². The van der Waals surface area contributed by atoms with Gasteiger partial charge < -0.3 is 4.74 Å². The van der Waals surface area contributed by atoms with Crippen molar-refractivity contribution < 1.29 is 13.9 Å². The number of anilines is 1. The van der Waals surface area contributed by atoms with Crippen molar-refractivity contribution in [3.8, 4) is 5.75 Å². The first-order valence-corrected chi connectivity index (χ1v) is 10.6. The predicted octanol–water partition coefficient (Wildman–Crippen LogP) is 6.46. The predicted molar refractivity (Wildman–Crippen MR) is 124 cm³/mol. The summed E-state index contributed by atoms with van der Waals surface area (Å²) in [6.45, 7) is 0.345. The van der Waals surface area contributed by atoms with Crippen LogP contribution in [0.5, 0.6) is 5.75 Å². The van der Waals surface area contributed by atoms with E-state index in [2.05, 4.69) is 0 Å². The zero-order chi connectivity index (χ0) is 21.1. The number of thioether (sulfide) groups is 1. The molecule has 1 aliphatic rings.